The van der Waals surface area contributed by atoms with Gasteiger partial charge in [0.15, 0.2) is 0 Å². The van der Waals surface area contributed by atoms with Crippen molar-refractivity contribution in [2.24, 2.45) is 0 Å². The molecule has 0 N–H and O–H groups in total. The van der Waals surface area contributed by atoms with Crippen LogP contribution in [-0.2, 0) is 0 Å². The second-order valence-electron chi connectivity index (χ2n) is 0.385. The summed E-state index contributed by atoms with van der Waals surface area (Å²) in [4.78, 5) is 0. The van der Waals surface area contributed by atoms with Gasteiger partial charge in [0.05, 0.1) is 0 Å². The molecule has 0 aliphatic rings. The van der Waals surface area contributed by atoms with E-state index in [0.717, 1.165) is 0 Å². The van der Waals surface area contributed by atoms with Crippen LogP contribution in [0, 0.1) is 7.43 Å². The second-order valence-corrected chi connectivity index (χ2v) is 1.15. The molecule has 0 fully saturated rings. The molecule has 0 aliphatic carbocycles. The summed E-state index contributed by atoms with van der Waals surface area (Å²) in [6, 6.07) is 0. The monoisotopic (exact) mass is 256 g/mol. The second kappa shape index (κ2) is 102. The van der Waals surface area contributed by atoms with E-state index in [-0.39, 0.29) is 7.43 Å². The standard InChI is InChI=1S/4CH2OS.C/c4*2-1-3;/h4*1H,(H,2,3);/q;;;;+4/p-4. The summed E-state index contributed by atoms with van der Waals surface area (Å²) in [6.07, 6.45) is 0. The average molecular weight is 256 g/mol. The zero-order valence-electron chi connectivity index (χ0n) is 6.08. The molecule has 0 aliphatic heterocycles. The first kappa shape index (κ1) is 29.4. The molecule has 0 aromatic heterocycles. The van der Waals surface area contributed by atoms with Crippen LogP contribution in [0.15, 0.2) is 0 Å². The maximum absolute atomic E-state index is 8.62. The van der Waals surface area contributed by atoms with E-state index < -0.39 is 0 Å². The Bertz CT molecular complexity index is 74.5. The molecule has 0 heterocycles. The summed E-state index contributed by atoms with van der Waals surface area (Å²) in [5.74, 6) is 0. The minimum absolute atomic E-state index is 0. The van der Waals surface area contributed by atoms with Crippen LogP contribution < -0.4 is 20.4 Å². The smallest absolute Gasteiger partial charge is 0.870 e. The van der Waals surface area contributed by atoms with Gasteiger partial charge in [-0.05, 0) is 0 Å². The fourth-order valence-corrected chi connectivity index (χ4v) is 0. The predicted molar refractivity (Wildman–Crippen MR) is 57.9 cm³/mol. The quantitative estimate of drug-likeness (QED) is 0.432. The van der Waals surface area contributed by atoms with Crippen LogP contribution in [0.5, 0.6) is 0 Å². The molecule has 13 heavy (non-hydrogen) atoms. The minimum atomic E-state index is 0. The Labute approximate surface area is 98.8 Å². The Balaban J connectivity index is -0.0000000213. The Kier molecular flexibility index (Phi) is 230. The molecule has 0 rings (SSSR count). The molecular formula is C5H4O4S4. The average Bonchev–Trinajstić information content (AvgIpc) is 1.92. The van der Waals surface area contributed by atoms with Crippen molar-refractivity contribution in [3.8, 4) is 0 Å². The zero-order chi connectivity index (χ0) is 10.8. The summed E-state index contributed by atoms with van der Waals surface area (Å²) in [5.41, 5.74) is 1.33. The van der Waals surface area contributed by atoms with Crippen molar-refractivity contribution >= 4 is 71.1 Å². The van der Waals surface area contributed by atoms with Crippen LogP contribution in [0.1, 0.15) is 0 Å². The van der Waals surface area contributed by atoms with Gasteiger partial charge < -0.3 is 20.4 Å². The van der Waals surface area contributed by atoms with Crippen molar-refractivity contribution in [1.29, 1.82) is 0 Å². The van der Waals surface area contributed by atoms with Crippen molar-refractivity contribution < 1.29 is 20.4 Å². The minimum Gasteiger partial charge on any atom is -0.870 e. The maximum atomic E-state index is 8.62. The van der Waals surface area contributed by atoms with E-state index in [0.29, 0.717) is 22.2 Å². The van der Waals surface area contributed by atoms with E-state index >= 15 is 0 Å². The molecular weight excluding hydrogens is 252 g/mol. The van der Waals surface area contributed by atoms with Crippen molar-refractivity contribution in [2.75, 3.05) is 0 Å². The first-order valence-electron chi connectivity index (χ1n) is 1.89. The van der Waals surface area contributed by atoms with Gasteiger partial charge in [-0.15, -0.1) is 48.9 Å². The first-order chi connectivity index (χ1) is 5.66. The van der Waals surface area contributed by atoms with Crippen molar-refractivity contribution in [3.05, 3.63) is 7.43 Å². The van der Waals surface area contributed by atoms with Gasteiger partial charge >= 0.3 is 7.43 Å². The van der Waals surface area contributed by atoms with Gasteiger partial charge in [0, 0.05) is 0 Å². The van der Waals surface area contributed by atoms with Crippen molar-refractivity contribution in [2.45, 2.75) is 0 Å². The van der Waals surface area contributed by atoms with E-state index in [1.165, 1.54) is 0 Å². The largest absolute Gasteiger partial charge is 4.00 e. The van der Waals surface area contributed by atoms with Crippen LogP contribution in [-0.4, -0.2) is 22.2 Å². The number of rotatable bonds is 0. The Hall–Kier alpha value is -0.440. The van der Waals surface area contributed by atoms with E-state index in [4.69, 9.17) is 20.4 Å². The third-order valence-electron chi connectivity index (χ3n) is 0. The van der Waals surface area contributed by atoms with E-state index in [9.17, 15) is 0 Å². The van der Waals surface area contributed by atoms with E-state index in [1.54, 1.807) is 0 Å². The van der Waals surface area contributed by atoms with Gasteiger partial charge in [0.25, 0.3) is 0 Å². The van der Waals surface area contributed by atoms with Crippen LogP contribution in [0.25, 0.3) is 0 Å². The molecule has 0 spiro atoms. The zero-order valence-corrected chi connectivity index (χ0v) is 9.34. The first-order valence-corrected chi connectivity index (χ1v) is 3.77. The summed E-state index contributed by atoms with van der Waals surface area (Å²) in [5, 5.41) is 34.5. The molecule has 0 saturated carbocycles. The number of thiocarbonyl (C=S) groups is 4. The predicted octanol–water partition coefficient (Wildman–Crippen LogP) is -2.70. The molecule has 0 aromatic carbocycles. The molecule has 4 nitrogen and oxygen atoms in total. The van der Waals surface area contributed by atoms with Gasteiger partial charge in [-0.1, -0.05) is 22.2 Å². The third-order valence-corrected chi connectivity index (χ3v) is 0. The summed E-state index contributed by atoms with van der Waals surface area (Å²) in [7, 11) is 0. The molecule has 0 atom stereocenters. The topological polar surface area (TPSA) is 92.2 Å². The van der Waals surface area contributed by atoms with Gasteiger partial charge in [0.2, 0.25) is 0 Å². The van der Waals surface area contributed by atoms with Gasteiger partial charge in [-0.2, -0.15) is 0 Å². The Morgan fingerprint density at radius 3 is 0.538 bits per heavy atom. The maximum Gasteiger partial charge on any atom is 4.00 e. The summed E-state index contributed by atoms with van der Waals surface area (Å²) in [6.45, 7) is 0. The van der Waals surface area contributed by atoms with Crippen LogP contribution in [0.3, 0.4) is 0 Å². The fraction of sp³-hybridized carbons (Fsp3) is 0. The van der Waals surface area contributed by atoms with E-state index in [1.807, 2.05) is 0 Å². The van der Waals surface area contributed by atoms with Gasteiger partial charge in [-0.3, -0.25) is 0 Å². The van der Waals surface area contributed by atoms with Crippen molar-refractivity contribution in [3.63, 3.8) is 0 Å². The third kappa shape index (κ3) is 5460. The van der Waals surface area contributed by atoms with Crippen LogP contribution in [0.2, 0.25) is 0 Å². The number of hydrogen-bond acceptors (Lipinski definition) is 8. The van der Waals surface area contributed by atoms with E-state index in [2.05, 4.69) is 48.9 Å². The SMILES string of the molecule is [C+4].[O-]C=S.[O-]C=S.[O-]C=S.[O-]C=S. The number of hydrogen-bond donors (Lipinski definition) is 0. The summed E-state index contributed by atoms with van der Waals surface area (Å²) >= 11 is 14.9. The molecule has 0 amide bonds. The molecule has 0 bridgehead atoms. The van der Waals surface area contributed by atoms with Crippen LogP contribution in [0.4, 0.5) is 0 Å². The fourth-order valence-electron chi connectivity index (χ4n) is 0. The molecule has 0 radical (unpaired) electrons. The Morgan fingerprint density at radius 2 is 0.538 bits per heavy atom. The molecule has 0 aromatic rings. The van der Waals surface area contributed by atoms with Gasteiger partial charge in [-0.25, -0.2) is 0 Å². The van der Waals surface area contributed by atoms with Crippen LogP contribution >= 0.6 is 48.9 Å². The van der Waals surface area contributed by atoms with Gasteiger partial charge in [0.1, 0.15) is 0 Å². The molecule has 72 valence electrons. The van der Waals surface area contributed by atoms with Crippen molar-refractivity contribution in [1.82, 2.24) is 0 Å². The molecule has 0 saturated heterocycles. The summed E-state index contributed by atoms with van der Waals surface area (Å²) < 4.78 is 0. The molecule has 8 heteroatoms. The normalized spacial score (nSPS) is 3.69. The molecule has 0 unspecified atom stereocenters. The Morgan fingerprint density at radius 1 is 0.538 bits per heavy atom.